The fraction of sp³-hybridized carbons (Fsp3) is 0.382. The molecular weight excluding hydrogens is 498 g/mol. The Bertz CT molecular complexity index is 1370. The third kappa shape index (κ3) is 7.96. The molecule has 212 valence electrons. The van der Waals surface area contributed by atoms with Gasteiger partial charge < -0.3 is 19.7 Å². The van der Waals surface area contributed by atoms with Gasteiger partial charge in [-0.25, -0.2) is 0 Å². The summed E-state index contributed by atoms with van der Waals surface area (Å²) in [6.45, 7) is 9.88. The van der Waals surface area contributed by atoms with Crippen LogP contribution in [0.2, 0.25) is 0 Å². The van der Waals surface area contributed by atoms with Crippen LogP contribution in [-0.4, -0.2) is 59.1 Å². The molecule has 40 heavy (non-hydrogen) atoms. The van der Waals surface area contributed by atoms with Crippen molar-refractivity contribution in [3.8, 4) is 5.75 Å². The van der Waals surface area contributed by atoms with Crippen LogP contribution in [0.4, 0.5) is 0 Å². The number of nitrogens with zero attached hydrogens (tertiary/aromatic N) is 2. The molecule has 0 aliphatic carbocycles. The lowest BCUT2D eigenvalue weighted by Gasteiger charge is -2.28. The second-order valence-electron chi connectivity index (χ2n) is 11.6. The van der Waals surface area contributed by atoms with Gasteiger partial charge in [-0.05, 0) is 47.1 Å². The molecule has 1 amide bonds. The second-order valence-corrected chi connectivity index (χ2v) is 11.6. The molecule has 0 atom stereocenters. The molecule has 4 aromatic rings. The second kappa shape index (κ2) is 13.6. The van der Waals surface area contributed by atoms with E-state index in [-0.39, 0.29) is 23.6 Å². The minimum atomic E-state index is 0.0765. The van der Waals surface area contributed by atoms with E-state index in [1.54, 1.807) is 13.2 Å². The number of aromatic nitrogens is 1. The van der Waals surface area contributed by atoms with Crippen molar-refractivity contribution in [1.29, 1.82) is 0 Å². The molecule has 0 unspecified atom stereocenters. The Morgan fingerprint density at radius 1 is 0.900 bits per heavy atom. The summed E-state index contributed by atoms with van der Waals surface area (Å²) >= 11 is 0. The molecule has 0 saturated carbocycles. The summed E-state index contributed by atoms with van der Waals surface area (Å²) in [5.74, 6) is 0.328. The zero-order valence-electron chi connectivity index (χ0n) is 24.3. The molecule has 0 fully saturated rings. The topological polar surface area (TPSA) is 68.8 Å². The number of nitrogens with one attached hydrogen (secondary N) is 1. The highest BCUT2D eigenvalue weighted by Crippen LogP contribution is 2.24. The first-order valence-corrected chi connectivity index (χ1v) is 14.1. The van der Waals surface area contributed by atoms with E-state index in [1.807, 2.05) is 29.2 Å². The Kier molecular flexibility index (Phi) is 10.0. The summed E-state index contributed by atoms with van der Waals surface area (Å²) in [5.41, 5.74) is 5.61. The van der Waals surface area contributed by atoms with E-state index < -0.39 is 0 Å². The minimum absolute atomic E-state index is 0.0765. The molecule has 1 heterocycles. The van der Waals surface area contributed by atoms with Crippen molar-refractivity contribution in [2.45, 2.75) is 52.1 Å². The molecule has 0 bridgehead atoms. The number of methoxy groups -OCH3 is 1. The summed E-state index contributed by atoms with van der Waals surface area (Å²) in [4.78, 5) is 21.3. The van der Waals surface area contributed by atoms with E-state index in [9.17, 15) is 9.90 Å². The summed E-state index contributed by atoms with van der Waals surface area (Å²) in [7, 11) is 1.69. The van der Waals surface area contributed by atoms with Crippen molar-refractivity contribution in [3.63, 3.8) is 0 Å². The third-order valence-electron chi connectivity index (χ3n) is 7.44. The third-order valence-corrected chi connectivity index (χ3v) is 7.44. The first kappa shape index (κ1) is 29.4. The number of para-hydroxylation sites is 2. The fourth-order valence-electron chi connectivity index (χ4n) is 5.04. The minimum Gasteiger partial charge on any atom is -0.508 e. The number of hydrogen-bond acceptors (Lipinski definition) is 4. The number of benzene rings is 3. The van der Waals surface area contributed by atoms with Gasteiger partial charge >= 0.3 is 0 Å². The molecule has 6 nitrogen and oxygen atoms in total. The molecule has 4 rings (SSSR count). The predicted octanol–water partition coefficient (Wildman–Crippen LogP) is 6.28. The number of fused-ring (bicyclic) bond motifs is 1. The Hall–Kier alpha value is -3.61. The van der Waals surface area contributed by atoms with E-state index >= 15 is 0 Å². The number of rotatable bonds is 13. The van der Waals surface area contributed by atoms with E-state index in [4.69, 9.17) is 4.74 Å². The summed E-state index contributed by atoms with van der Waals surface area (Å²) in [5, 5.41) is 11.6. The average molecular weight is 542 g/mol. The van der Waals surface area contributed by atoms with Crippen molar-refractivity contribution in [2.75, 3.05) is 33.4 Å². The lowest BCUT2D eigenvalue weighted by molar-refractivity contribution is -0.133. The van der Waals surface area contributed by atoms with Crippen molar-refractivity contribution in [1.82, 2.24) is 14.8 Å². The van der Waals surface area contributed by atoms with Gasteiger partial charge in [0.05, 0.1) is 6.54 Å². The lowest BCUT2D eigenvalue weighted by atomic mass is 9.87. The van der Waals surface area contributed by atoms with E-state index in [2.05, 4.69) is 79.3 Å². The number of amides is 1. The first-order valence-electron chi connectivity index (χ1n) is 14.1. The monoisotopic (exact) mass is 541 g/mol. The maximum Gasteiger partial charge on any atom is 0.237 e. The average Bonchev–Trinajstić information content (AvgIpc) is 3.35. The fourth-order valence-corrected chi connectivity index (χ4v) is 5.04. The largest absolute Gasteiger partial charge is 0.508 e. The van der Waals surface area contributed by atoms with Gasteiger partial charge in [0.2, 0.25) is 5.91 Å². The van der Waals surface area contributed by atoms with Crippen LogP contribution in [-0.2, 0) is 34.5 Å². The van der Waals surface area contributed by atoms with Gasteiger partial charge in [-0.2, -0.15) is 0 Å². The van der Waals surface area contributed by atoms with E-state index in [1.165, 1.54) is 16.5 Å². The molecule has 1 aromatic heterocycles. The van der Waals surface area contributed by atoms with E-state index in [0.29, 0.717) is 32.8 Å². The Morgan fingerprint density at radius 3 is 2.35 bits per heavy atom. The quantitative estimate of drug-likeness (QED) is 0.196. The Labute approximate surface area is 238 Å². The van der Waals surface area contributed by atoms with Crippen LogP contribution in [0.15, 0.2) is 79.0 Å². The SMILES string of the molecule is COCCCN(CC(=O)N(CCc1c[nH]c2ccccc12)Cc1ccc(C(C)(C)C)cc1)Cc1ccccc1O. The molecule has 3 aromatic carbocycles. The zero-order valence-corrected chi connectivity index (χ0v) is 24.3. The van der Waals surface area contributed by atoms with Gasteiger partial charge in [-0.1, -0.05) is 81.4 Å². The highest BCUT2D eigenvalue weighted by Gasteiger charge is 2.20. The number of carbonyl (C=O) groups excluding carboxylic acids is 1. The van der Waals surface area contributed by atoms with Crippen molar-refractivity contribution in [3.05, 3.63) is 101 Å². The first-order chi connectivity index (χ1) is 19.2. The lowest BCUT2D eigenvalue weighted by Crippen LogP contribution is -2.41. The zero-order chi connectivity index (χ0) is 28.5. The number of aromatic amines is 1. The van der Waals surface area contributed by atoms with E-state index in [0.717, 1.165) is 29.5 Å². The van der Waals surface area contributed by atoms with Crippen LogP contribution in [0.5, 0.6) is 5.75 Å². The molecular formula is C34H43N3O3. The number of ether oxygens (including phenoxy) is 1. The number of H-pyrrole nitrogens is 1. The van der Waals surface area contributed by atoms with Gasteiger partial charge in [-0.15, -0.1) is 0 Å². The van der Waals surface area contributed by atoms with Gasteiger partial charge in [0, 0.05) is 62.6 Å². The van der Waals surface area contributed by atoms with Crippen LogP contribution in [0.3, 0.4) is 0 Å². The number of aromatic hydroxyl groups is 1. The van der Waals surface area contributed by atoms with Crippen molar-refractivity contribution < 1.29 is 14.6 Å². The summed E-state index contributed by atoms with van der Waals surface area (Å²) in [6.07, 6.45) is 3.63. The number of phenols is 1. The maximum atomic E-state index is 13.9. The van der Waals surface area contributed by atoms with Crippen LogP contribution < -0.4 is 0 Å². The number of carbonyl (C=O) groups is 1. The van der Waals surface area contributed by atoms with Crippen molar-refractivity contribution in [2.24, 2.45) is 0 Å². The Morgan fingerprint density at radius 2 is 1.62 bits per heavy atom. The predicted molar refractivity (Wildman–Crippen MR) is 162 cm³/mol. The molecule has 0 spiro atoms. The molecule has 6 heteroatoms. The van der Waals surface area contributed by atoms with Gasteiger partial charge in [0.15, 0.2) is 0 Å². The molecule has 0 aliphatic rings. The van der Waals surface area contributed by atoms with Gasteiger partial charge in [-0.3, -0.25) is 9.69 Å². The maximum absolute atomic E-state index is 13.9. The smallest absolute Gasteiger partial charge is 0.237 e. The van der Waals surface area contributed by atoms with Crippen LogP contribution in [0, 0.1) is 0 Å². The van der Waals surface area contributed by atoms with Gasteiger partial charge in [0.25, 0.3) is 0 Å². The van der Waals surface area contributed by atoms with Crippen molar-refractivity contribution >= 4 is 16.8 Å². The molecule has 0 saturated heterocycles. The van der Waals surface area contributed by atoms with Crippen LogP contribution in [0.25, 0.3) is 10.9 Å². The standard InChI is InChI=1S/C34H43N3O3/c1-34(2,3)29-16-14-26(15-17-29)23-37(20-18-27-22-35-31-12-7-6-11-30(27)31)33(39)25-36(19-9-21-40-4)24-28-10-5-8-13-32(28)38/h5-8,10-17,22,35,38H,9,18-21,23-25H2,1-4H3. The highest BCUT2D eigenvalue weighted by molar-refractivity contribution is 5.83. The highest BCUT2D eigenvalue weighted by atomic mass is 16.5. The number of phenolic OH excluding ortho intramolecular Hbond substituents is 1. The molecule has 2 N–H and O–H groups in total. The Balaban J connectivity index is 1.53. The van der Waals surface area contributed by atoms with Crippen LogP contribution >= 0.6 is 0 Å². The number of hydrogen-bond donors (Lipinski definition) is 2. The van der Waals surface area contributed by atoms with Crippen LogP contribution in [0.1, 0.15) is 49.4 Å². The molecule has 0 radical (unpaired) electrons. The molecule has 0 aliphatic heterocycles. The summed E-state index contributed by atoms with van der Waals surface area (Å²) in [6, 6.07) is 24.3. The summed E-state index contributed by atoms with van der Waals surface area (Å²) < 4.78 is 5.27. The normalized spacial score (nSPS) is 11.8. The van der Waals surface area contributed by atoms with Gasteiger partial charge in [0.1, 0.15) is 5.75 Å².